The van der Waals surface area contributed by atoms with E-state index in [9.17, 15) is 9.00 Å². The number of esters is 1. The Morgan fingerprint density at radius 2 is 2.12 bits per heavy atom. The van der Waals surface area contributed by atoms with Crippen molar-refractivity contribution in [3.05, 3.63) is 0 Å². The zero-order chi connectivity index (χ0) is 12.3. The first kappa shape index (κ1) is 13.6. The molecule has 5 unspecified atom stereocenters. The van der Waals surface area contributed by atoms with E-state index >= 15 is 0 Å². The highest BCUT2D eigenvalue weighted by Crippen LogP contribution is 2.24. The maximum absolute atomic E-state index is 12.2. The predicted octanol–water partition coefficient (Wildman–Crippen LogP) is 1.11. The summed E-state index contributed by atoms with van der Waals surface area (Å²) in [6, 6.07) is 0. The first-order valence-electron chi connectivity index (χ1n) is 5.57. The third kappa shape index (κ3) is 2.83. The lowest BCUT2D eigenvalue weighted by atomic mass is 10.1. The van der Waals surface area contributed by atoms with Gasteiger partial charge in [0.05, 0.1) is 24.4 Å². The standard InChI is InChI=1S/C11H20O4S/c1-7(11(12)14-4)9(3)16(13)10-5-6-15-8(10)2/h7-10H,5-6H2,1-4H3. The summed E-state index contributed by atoms with van der Waals surface area (Å²) in [5.41, 5.74) is 0. The molecule has 94 valence electrons. The highest BCUT2D eigenvalue weighted by molar-refractivity contribution is 7.86. The first-order valence-corrected chi connectivity index (χ1v) is 6.85. The summed E-state index contributed by atoms with van der Waals surface area (Å²) < 4.78 is 22.3. The number of hydrogen-bond donors (Lipinski definition) is 0. The lowest BCUT2D eigenvalue weighted by Gasteiger charge is -2.22. The van der Waals surface area contributed by atoms with Gasteiger partial charge in [-0.2, -0.15) is 0 Å². The van der Waals surface area contributed by atoms with Gasteiger partial charge in [-0.15, -0.1) is 0 Å². The molecule has 1 aliphatic heterocycles. The molecule has 5 atom stereocenters. The average Bonchev–Trinajstić information content (AvgIpc) is 2.71. The number of methoxy groups -OCH3 is 1. The maximum atomic E-state index is 12.2. The molecule has 0 amide bonds. The second kappa shape index (κ2) is 5.77. The van der Waals surface area contributed by atoms with E-state index < -0.39 is 10.8 Å². The summed E-state index contributed by atoms with van der Waals surface area (Å²) in [4.78, 5) is 11.4. The Balaban J connectivity index is 2.62. The molecule has 0 aromatic rings. The van der Waals surface area contributed by atoms with E-state index in [1.165, 1.54) is 7.11 Å². The Labute approximate surface area is 99.1 Å². The Hall–Kier alpha value is -0.420. The van der Waals surface area contributed by atoms with Crippen LogP contribution in [0.1, 0.15) is 27.2 Å². The molecule has 0 aromatic carbocycles. The van der Waals surface area contributed by atoms with Gasteiger partial charge in [0.1, 0.15) is 0 Å². The average molecular weight is 248 g/mol. The predicted molar refractivity (Wildman–Crippen MR) is 62.6 cm³/mol. The van der Waals surface area contributed by atoms with Crippen LogP contribution in [0, 0.1) is 5.92 Å². The SMILES string of the molecule is COC(=O)C(C)C(C)S(=O)C1CCOC1C. The molecule has 0 aromatic heterocycles. The summed E-state index contributed by atoms with van der Waals surface area (Å²) in [6.07, 6.45) is 0.833. The summed E-state index contributed by atoms with van der Waals surface area (Å²) in [7, 11) is 0.309. The van der Waals surface area contributed by atoms with Crippen molar-refractivity contribution >= 4 is 16.8 Å². The Morgan fingerprint density at radius 3 is 2.56 bits per heavy atom. The van der Waals surface area contributed by atoms with Crippen LogP contribution in [-0.2, 0) is 25.1 Å². The van der Waals surface area contributed by atoms with E-state index in [4.69, 9.17) is 4.74 Å². The summed E-state index contributed by atoms with van der Waals surface area (Å²) in [5.74, 6) is -0.633. The lowest BCUT2D eigenvalue weighted by molar-refractivity contribution is -0.144. The van der Waals surface area contributed by atoms with E-state index in [1.54, 1.807) is 6.92 Å². The molecular weight excluding hydrogens is 228 g/mol. The third-order valence-corrected chi connectivity index (χ3v) is 5.61. The molecule has 1 fully saturated rings. The Kier molecular flexibility index (Phi) is 4.92. The molecule has 16 heavy (non-hydrogen) atoms. The van der Waals surface area contributed by atoms with Gasteiger partial charge in [0.2, 0.25) is 0 Å². The molecular formula is C11H20O4S. The minimum atomic E-state index is -1.05. The van der Waals surface area contributed by atoms with Gasteiger partial charge in [0, 0.05) is 22.7 Å². The Bertz CT molecular complexity index is 279. The smallest absolute Gasteiger partial charge is 0.309 e. The van der Waals surface area contributed by atoms with Gasteiger partial charge < -0.3 is 9.47 Å². The molecule has 5 heteroatoms. The fourth-order valence-electron chi connectivity index (χ4n) is 1.87. The van der Waals surface area contributed by atoms with Gasteiger partial charge in [-0.25, -0.2) is 0 Å². The van der Waals surface area contributed by atoms with Crippen LogP contribution in [0.25, 0.3) is 0 Å². The van der Waals surface area contributed by atoms with Crippen LogP contribution >= 0.6 is 0 Å². The van der Waals surface area contributed by atoms with Gasteiger partial charge in [0.25, 0.3) is 0 Å². The number of ether oxygens (including phenoxy) is 2. The van der Waals surface area contributed by atoms with Crippen LogP contribution in [0.5, 0.6) is 0 Å². The van der Waals surface area contributed by atoms with E-state index in [2.05, 4.69) is 4.74 Å². The first-order chi connectivity index (χ1) is 7.49. The quantitative estimate of drug-likeness (QED) is 0.699. The summed E-state index contributed by atoms with van der Waals surface area (Å²) in [5, 5.41) is -0.149. The van der Waals surface area contributed by atoms with E-state index in [1.807, 2.05) is 13.8 Å². The third-order valence-electron chi connectivity index (χ3n) is 3.25. The van der Waals surface area contributed by atoms with Gasteiger partial charge in [-0.1, -0.05) is 6.92 Å². The zero-order valence-corrected chi connectivity index (χ0v) is 11.1. The van der Waals surface area contributed by atoms with Crippen molar-refractivity contribution in [2.75, 3.05) is 13.7 Å². The highest BCUT2D eigenvalue weighted by Gasteiger charge is 2.36. The van der Waals surface area contributed by atoms with Crippen molar-refractivity contribution in [2.24, 2.45) is 5.92 Å². The van der Waals surface area contributed by atoms with Crippen LogP contribution in [0.2, 0.25) is 0 Å². The van der Waals surface area contributed by atoms with Crippen molar-refractivity contribution in [1.82, 2.24) is 0 Å². The number of carbonyl (C=O) groups excluding carboxylic acids is 1. The normalized spacial score (nSPS) is 30.8. The Morgan fingerprint density at radius 1 is 1.50 bits per heavy atom. The van der Waals surface area contributed by atoms with Gasteiger partial charge in [-0.05, 0) is 20.3 Å². The largest absolute Gasteiger partial charge is 0.469 e. The van der Waals surface area contributed by atoms with Crippen LogP contribution < -0.4 is 0 Å². The van der Waals surface area contributed by atoms with Crippen LogP contribution in [-0.4, -0.2) is 40.5 Å². The molecule has 0 bridgehead atoms. The second-order valence-electron chi connectivity index (χ2n) is 4.25. The number of rotatable bonds is 4. The van der Waals surface area contributed by atoms with Crippen molar-refractivity contribution < 1.29 is 18.5 Å². The van der Waals surface area contributed by atoms with E-state index in [0.717, 1.165) is 6.42 Å². The van der Waals surface area contributed by atoms with E-state index in [-0.39, 0.29) is 28.5 Å². The van der Waals surface area contributed by atoms with Gasteiger partial charge in [-0.3, -0.25) is 9.00 Å². The van der Waals surface area contributed by atoms with Gasteiger partial charge >= 0.3 is 5.97 Å². The van der Waals surface area contributed by atoms with Crippen molar-refractivity contribution in [3.8, 4) is 0 Å². The number of hydrogen-bond acceptors (Lipinski definition) is 4. The van der Waals surface area contributed by atoms with Gasteiger partial charge in [0.15, 0.2) is 0 Å². The fraction of sp³-hybridized carbons (Fsp3) is 0.909. The summed E-state index contributed by atoms with van der Waals surface area (Å²) >= 11 is 0. The van der Waals surface area contributed by atoms with E-state index in [0.29, 0.717) is 6.61 Å². The monoisotopic (exact) mass is 248 g/mol. The molecule has 0 aliphatic carbocycles. The fourth-order valence-corrected chi connectivity index (χ4v) is 3.72. The van der Waals surface area contributed by atoms with Crippen LogP contribution in [0.3, 0.4) is 0 Å². The zero-order valence-electron chi connectivity index (χ0n) is 10.3. The molecule has 0 radical (unpaired) electrons. The molecule has 0 spiro atoms. The minimum absolute atomic E-state index is 0.0214. The molecule has 1 saturated heterocycles. The molecule has 4 nitrogen and oxygen atoms in total. The highest BCUT2D eigenvalue weighted by atomic mass is 32.2. The number of carbonyl (C=O) groups is 1. The maximum Gasteiger partial charge on any atom is 0.309 e. The van der Waals surface area contributed by atoms with Crippen LogP contribution in [0.15, 0.2) is 0 Å². The molecule has 1 heterocycles. The van der Waals surface area contributed by atoms with Crippen molar-refractivity contribution in [3.63, 3.8) is 0 Å². The molecule has 0 saturated carbocycles. The van der Waals surface area contributed by atoms with Crippen molar-refractivity contribution in [1.29, 1.82) is 0 Å². The molecule has 1 aliphatic rings. The summed E-state index contributed by atoms with van der Waals surface area (Å²) in [6.45, 7) is 6.19. The topological polar surface area (TPSA) is 52.6 Å². The van der Waals surface area contributed by atoms with Crippen molar-refractivity contribution in [2.45, 2.75) is 43.8 Å². The molecule has 1 rings (SSSR count). The lowest BCUT2D eigenvalue weighted by Crippen LogP contribution is -2.36. The van der Waals surface area contributed by atoms with Crippen LogP contribution in [0.4, 0.5) is 0 Å². The molecule has 0 N–H and O–H groups in total. The minimum Gasteiger partial charge on any atom is -0.469 e. The second-order valence-corrected chi connectivity index (χ2v) is 6.25.